The third kappa shape index (κ3) is 12.2. The summed E-state index contributed by atoms with van der Waals surface area (Å²) in [6.07, 6.45) is -3.31. The molecule has 0 bridgehead atoms. The van der Waals surface area contributed by atoms with Crippen LogP contribution in [-0.2, 0) is 9.59 Å². The zero-order valence-electron chi connectivity index (χ0n) is 21.1. The number of alkyl halides is 6. The van der Waals surface area contributed by atoms with Crippen LogP contribution in [0.3, 0.4) is 0 Å². The molecule has 0 aliphatic carbocycles. The number of aromatic hydroxyl groups is 1. The predicted molar refractivity (Wildman–Crippen MR) is 138 cm³/mol. The molecule has 1 amide bonds. The van der Waals surface area contributed by atoms with Crippen LogP contribution < -0.4 is 11.1 Å². The SMILES string of the molecule is N=C(N)c1ccc(O)c(/C=C/CNC(=O)c2ccc(-c3ccncc3)cc2)c1.O=C(O)C(F)(F)F.O=C(O)C(F)(F)F. The van der Waals surface area contributed by atoms with Crippen molar-refractivity contribution >= 4 is 29.8 Å². The molecule has 42 heavy (non-hydrogen) atoms. The highest BCUT2D eigenvalue weighted by Crippen LogP contribution is 2.20. The Morgan fingerprint density at radius 2 is 1.29 bits per heavy atom. The second-order valence-electron chi connectivity index (χ2n) is 7.72. The molecule has 2 aromatic carbocycles. The standard InChI is InChI=1S/C22H20N4O2.2C2HF3O2/c23-21(24)19-7-8-20(27)18(14-19)2-1-11-26-22(28)17-5-3-15(4-6-17)16-9-12-25-13-10-16;2*3-2(4,5)1(6)7/h1-10,12-14,27H,11H2,(H3,23,24)(H,26,28);2*(H,6,7)/b2-1+;;. The summed E-state index contributed by atoms with van der Waals surface area (Å²) in [5.41, 5.74) is 9.13. The van der Waals surface area contributed by atoms with Crippen molar-refractivity contribution in [2.24, 2.45) is 5.73 Å². The number of benzene rings is 2. The number of pyridine rings is 1. The van der Waals surface area contributed by atoms with Crippen molar-refractivity contribution in [3.63, 3.8) is 0 Å². The Balaban J connectivity index is 0.000000522. The van der Waals surface area contributed by atoms with Crippen molar-refractivity contribution in [3.05, 3.63) is 89.8 Å². The molecule has 1 heterocycles. The first-order valence-corrected chi connectivity index (χ1v) is 11.2. The maximum Gasteiger partial charge on any atom is 0.490 e. The highest BCUT2D eigenvalue weighted by atomic mass is 19.4. The van der Waals surface area contributed by atoms with E-state index in [1.54, 1.807) is 48.8 Å². The summed E-state index contributed by atoms with van der Waals surface area (Å²) in [6.45, 7) is 0.300. The Morgan fingerprint density at radius 1 is 0.833 bits per heavy atom. The van der Waals surface area contributed by atoms with Crippen LogP contribution in [0.2, 0.25) is 0 Å². The molecular weight excluding hydrogens is 578 g/mol. The number of phenols is 1. The zero-order chi connectivity index (χ0) is 32.1. The monoisotopic (exact) mass is 600 g/mol. The average molecular weight is 600 g/mol. The lowest BCUT2D eigenvalue weighted by Crippen LogP contribution is -2.23. The zero-order valence-corrected chi connectivity index (χ0v) is 21.1. The van der Waals surface area contributed by atoms with Crippen LogP contribution in [0.5, 0.6) is 5.75 Å². The molecule has 16 heteroatoms. The summed E-state index contributed by atoms with van der Waals surface area (Å²) >= 11 is 0. The summed E-state index contributed by atoms with van der Waals surface area (Å²) in [4.78, 5) is 34.1. The number of nitrogens with zero attached hydrogens (tertiary/aromatic N) is 1. The first-order valence-electron chi connectivity index (χ1n) is 11.2. The smallest absolute Gasteiger partial charge is 0.490 e. The van der Waals surface area contributed by atoms with Crippen LogP contribution in [0.25, 0.3) is 17.2 Å². The van der Waals surface area contributed by atoms with Gasteiger partial charge in [0.1, 0.15) is 11.6 Å². The maximum absolute atomic E-state index is 12.3. The number of carboxylic acid groups (broad SMARTS) is 2. The van der Waals surface area contributed by atoms with E-state index >= 15 is 0 Å². The van der Waals surface area contributed by atoms with Gasteiger partial charge in [-0.05, 0) is 53.6 Å². The van der Waals surface area contributed by atoms with E-state index < -0.39 is 24.3 Å². The van der Waals surface area contributed by atoms with Crippen LogP contribution in [0, 0.1) is 5.41 Å². The molecule has 0 fully saturated rings. The molecule has 7 N–H and O–H groups in total. The number of carbonyl (C=O) groups excluding carboxylic acids is 1. The fourth-order valence-electron chi connectivity index (χ4n) is 2.65. The number of phenolic OH excluding ortho intramolecular Hbond substituents is 1. The van der Waals surface area contributed by atoms with Gasteiger partial charge in [-0.2, -0.15) is 26.3 Å². The number of carboxylic acids is 2. The van der Waals surface area contributed by atoms with Crippen LogP contribution in [0.4, 0.5) is 26.3 Å². The van der Waals surface area contributed by atoms with Crippen LogP contribution >= 0.6 is 0 Å². The summed E-state index contributed by atoms with van der Waals surface area (Å²) in [5, 5.41) is 34.4. The number of nitrogens with two attached hydrogens (primary N) is 1. The lowest BCUT2D eigenvalue weighted by atomic mass is 10.0. The maximum atomic E-state index is 12.3. The largest absolute Gasteiger partial charge is 0.507 e. The van der Waals surface area contributed by atoms with Crippen molar-refractivity contribution in [3.8, 4) is 16.9 Å². The molecule has 0 aliphatic rings. The number of amides is 1. The number of aliphatic carboxylic acids is 2. The van der Waals surface area contributed by atoms with Gasteiger partial charge in [-0.3, -0.25) is 15.2 Å². The third-order valence-corrected chi connectivity index (χ3v) is 4.66. The normalized spacial score (nSPS) is 10.9. The lowest BCUT2D eigenvalue weighted by molar-refractivity contribution is -0.193. The first kappa shape index (κ1) is 34.6. The number of hydrogen-bond donors (Lipinski definition) is 6. The number of rotatable bonds is 6. The molecule has 0 atom stereocenters. The minimum atomic E-state index is -5.08. The van der Waals surface area contributed by atoms with E-state index in [2.05, 4.69) is 10.3 Å². The van der Waals surface area contributed by atoms with E-state index in [1.807, 2.05) is 24.3 Å². The van der Waals surface area contributed by atoms with Gasteiger partial charge in [0.25, 0.3) is 5.91 Å². The molecule has 1 aromatic heterocycles. The minimum Gasteiger partial charge on any atom is -0.507 e. The number of nitrogen functional groups attached to an aromatic ring is 1. The fraction of sp³-hybridized carbons (Fsp3) is 0.115. The lowest BCUT2D eigenvalue weighted by Gasteiger charge is -2.05. The number of hydrogen-bond acceptors (Lipinski definition) is 6. The first-order chi connectivity index (χ1) is 19.4. The van der Waals surface area contributed by atoms with Crippen molar-refractivity contribution in [1.82, 2.24) is 10.3 Å². The van der Waals surface area contributed by atoms with Gasteiger partial charge in [0.15, 0.2) is 0 Å². The number of carbonyl (C=O) groups is 3. The van der Waals surface area contributed by atoms with Gasteiger partial charge in [-0.25, -0.2) is 9.59 Å². The highest BCUT2D eigenvalue weighted by Gasteiger charge is 2.38. The third-order valence-electron chi connectivity index (χ3n) is 4.66. The van der Waals surface area contributed by atoms with Crippen LogP contribution in [0.15, 0.2) is 73.1 Å². The van der Waals surface area contributed by atoms with E-state index in [4.69, 9.17) is 30.9 Å². The van der Waals surface area contributed by atoms with Gasteiger partial charge >= 0.3 is 24.3 Å². The summed E-state index contributed by atoms with van der Waals surface area (Å²) in [7, 11) is 0. The Morgan fingerprint density at radius 3 is 1.74 bits per heavy atom. The quantitative estimate of drug-likeness (QED) is 0.136. The number of amidine groups is 1. The van der Waals surface area contributed by atoms with Gasteiger partial charge in [0.2, 0.25) is 0 Å². The molecule has 0 saturated heterocycles. The van der Waals surface area contributed by atoms with E-state index in [0.717, 1.165) is 11.1 Å². The predicted octanol–water partition coefficient (Wildman–Crippen LogP) is 4.45. The molecule has 0 spiro atoms. The molecule has 3 rings (SSSR count). The van der Waals surface area contributed by atoms with Gasteiger partial charge in [0, 0.05) is 35.6 Å². The molecule has 0 unspecified atom stereocenters. The highest BCUT2D eigenvalue weighted by molar-refractivity contribution is 5.96. The molecule has 0 radical (unpaired) electrons. The van der Waals surface area contributed by atoms with Gasteiger partial charge in [-0.15, -0.1) is 0 Å². The number of halogens is 6. The fourth-order valence-corrected chi connectivity index (χ4v) is 2.65. The van der Waals surface area contributed by atoms with Crippen molar-refractivity contribution in [1.29, 1.82) is 5.41 Å². The van der Waals surface area contributed by atoms with Crippen molar-refractivity contribution in [2.75, 3.05) is 6.54 Å². The second kappa shape index (κ2) is 15.4. The number of nitrogens with one attached hydrogen (secondary N) is 2. The average Bonchev–Trinajstić information content (AvgIpc) is 2.92. The minimum absolute atomic E-state index is 0.0711. The summed E-state index contributed by atoms with van der Waals surface area (Å²) < 4.78 is 63.5. The van der Waals surface area contributed by atoms with E-state index in [9.17, 15) is 36.2 Å². The van der Waals surface area contributed by atoms with Gasteiger partial charge < -0.3 is 26.4 Å². The van der Waals surface area contributed by atoms with Crippen molar-refractivity contribution < 1.29 is 56.0 Å². The van der Waals surface area contributed by atoms with Gasteiger partial charge in [0.05, 0.1) is 0 Å². The second-order valence-corrected chi connectivity index (χ2v) is 7.72. The number of aromatic nitrogens is 1. The molecule has 0 saturated carbocycles. The molecule has 224 valence electrons. The molecule has 0 aliphatic heterocycles. The van der Waals surface area contributed by atoms with E-state index in [0.29, 0.717) is 23.2 Å². The van der Waals surface area contributed by atoms with Crippen LogP contribution in [0.1, 0.15) is 21.5 Å². The van der Waals surface area contributed by atoms with Crippen LogP contribution in [-0.4, -0.2) is 62.9 Å². The van der Waals surface area contributed by atoms with Crippen molar-refractivity contribution in [2.45, 2.75) is 12.4 Å². The van der Waals surface area contributed by atoms with Gasteiger partial charge in [-0.1, -0.05) is 24.3 Å². The molecule has 3 aromatic rings. The molecule has 10 nitrogen and oxygen atoms in total. The topological polar surface area (TPSA) is 187 Å². The molecular formula is C26H22F6N4O6. The van der Waals surface area contributed by atoms with E-state index in [1.165, 1.54) is 6.07 Å². The summed E-state index contributed by atoms with van der Waals surface area (Å²) in [6, 6.07) is 15.8. The summed E-state index contributed by atoms with van der Waals surface area (Å²) in [5.74, 6) is -5.69. The Bertz CT molecular complexity index is 1390. The Kier molecular flexibility index (Phi) is 12.7. The Hall–Kier alpha value is -5.41. The Labute approximate surface area is 233 Å². The van der Waals surface area contributed by atoms with E-state index in [-0.39, 0.29) is 17.5 Å².